The zero-order chi connectivity index (χ0) is 12.5. The Balaban J connectivity index is 2.47. The van der Waals surface area contributed by atoms with Crippen molar-refractivity contribution in [3.8, 4) is 0 Å². The molecule has 0 saturated heterocycles. The molecule has 2 heteroatoms. The van der Waals surface area contributed by atoms with Crippen molar-refractivity contribution in [1.29, 1.82) is 0 Å². The van der Waals surface area contributed by atoms with Crippen LogP contribution in [0.4, 0.5) is 0 Å². The third-order valence-electron chi connectivity index (χ3n) is 3.00. The van der Waals surface area contributed by atoms with Gasteiger partial charge in [0, 0.05) is 13.1 Å². The summed E-state index contributed by atoms with van der Waals surface area (Å²) in [4.78, 5) is 0. The smallest absolute Gasteiger partial charge is 0.0205 e. The van der Waals surface area contributed by atoms with E-state index < -0.39 is 0 Å². The van der Waals surface area contributed by atoms with Gasteiger partial charge in [-0.2, -0.15) is 0 Å². The first-order chi connectivity index (χ1) is 8.27. The summed E-state index contributed by atoms with van der Waals surface area (Å²) in [6.07, 6.45) is 4.13. The summed E-state index contributed by atoms with van der Waals surface area (Å²) in [7, 11) is 1.99. The highest BCUT2D eigenvalue weighted by molar-refractivity contribution is 5.27. The molecule has 0 amide bonds. The van der Waals surface area contributed by atoms with Crippen molar-refractivity contribution in [3.05, 3.63) is 48.2 Å². The molecule has 94 valence electrons. The summed E-state index contributed by atoms with van der Waals surface area (Å²) < 4.78 is 0. The van der Waals surface area contributed by atoms with Gasteiger partial charge in [-0.3, -0.25) is 0 Å². The van der Waals surface area contributed by atoms with Gasteiger partial charge in [0.25, 0.3) is 0 Å². The van der Waals surface area contributed by atoms with E-state index in [0.717, 1.165) is 19.5 Å². The number of aryl methyl sites for hydroxylation is 1. The molecule has 1 aromatic carbocycles. The molecule has 0 aliphatic heterocycles. The van der Waals surface area contributed by atoms with E-state index in [0.29, 0.717) is 5.92 Å². The SMILES string of the molecule is C=CNCC(C)CCc1ccccc1CNC. The average molecular weight is 232 g/mol. The van der Waals surface area contributed by atoms with E-state index in [-0.39, 0.29) is 0 Å². The summed E-state index contributed by atoms with van der Waals surface area (Å²) in [6.45, 7) is 7.91. The van der Waals surface area contributed by atoms with Gasteiger partial charge in [-0.15, -0.1) is 0 Å². The average Bonchev–Trinajstić information content (AvgIpc) is 2.35. The summed E-state index contributed by atoms with van der Waals surface area (Å²) in [5.41, 5.74) is 2.88. The van der Waals surface area contributed by atoms with Crippen molar-refractivity contribution < 1.29 is 0 Å². The van der Waals surface area contributed by atoms with Crippen molar-refractivity contribution in [1.82, 2.24) is 10.6 Å². The van der Waals surface area contributed by atoms with Crippen molar-refractivity contribution in [2.45, 2.75) is 26.3 Å². The predicted molar refractivity (Wildman–Crippen MR) is 74.9 cm³/mol. The first kappa shape index (κ1) is 13.8. The van der Waals surface area contributed by atoms with Crippen LogP contribution in [-0.4, -0.2) is 13.6 Å². The molecule has 0 bridgehead atoms. The van der Waals surface area contributed by atoms with Crippen LogP contribution in [0.25, 0.3) is 0 Å². The molecule has 0 aliphatic carbocycles. The van der Waals surface area contributed by atoms with Crippen LogP contribution in [0.2, 0.25) is 0 Å². The molecule has 0 heterocycles. The highest BCUT2D eigenvalue weighted by Crippen LogP contribution is 2.14. The maximum absolute atomic E-state index is 3.67. The lowest BCUT2D eigenvalue weighted by atomic mass is 9.97. The summed E-state index contributed by atoms with van der Waals surface area (Å²) in [5, 5.41) is 6.40. The molecule has 1 aromatic rings. The molecule has 0 spiro atoms. The molecule has 1 rings (SSSR count). The molecule has 0 aliphatic rings. The zero-order valence-corrected chi connectivity index (χ0v) is 11.0. The molecule has 2 N–H and O–H groups in total. The lowest BCUT2D eigenvalue weighted by Crippen LogP contribution is -2.16. The topological polar surface area (TPSA) is 24.1 Å². The number of hydrogen-bond donors (Lipinski definition) is 2. The van der Waals surface area contributed by atoms with Gasteiger partial charge in [-0.25, -0.2) is 0 Å². The van der Waals surface area contributed by atoms with Crippen molar-refractivity contribution in [3.63, 3.8) is 0 Å². The largest absolute Gasteiger partial charge is 0.391 e. The minimum Gasteiger partial charge on any atom is -0.391 e. The zero-order valence-electron chi connectivity index (χ0n) is 11.0. The highest BCUT2D eigenvalue weighted by atomic mass is 14.8. The Morgan fingerprint density at radius 3 is 2.65 bits per heavy atom. The van der Waals surface area contributed by atoms with Crippen LogP contribution in [0, 0.1) is 5.92 Å². The first-order valence-electron chi connectivity index (χ1n) is 6.33. The second-order valence-electron chi connectivity index (χ2n) is 4.56. The second kappa shape index (κ2) is 7.91. The van der Waals surface area contributed by atoms with Crippen molar-refractivity contribution >= 4 is 0 Å². The monoisotopic (exact) mass is 232 g/mol. The van der Waals surface area contributed by atoms with Gasteiger partial charge in [-0.05, 0) is 43.1 Å². The molecular formula is C15H24N2. The molecule has 0 radical (unpaired) electrons. The van der Waals surface area contributed by atoms with Crippen molar-refractivity contribution in [2.24, 2.45) is 5.92 Å². The fourth-order valence-electron chi connectivity index (χ4n) is 1.95. The number of rotatable bonds is 8. The van der Waals surface area contributed by atoms with Crippen LogP contribution in [0.1, 0.15) is 24.5 Å². The van der Waals surface area contributed by atoms with Gasteiger partial charge in [0.15, 0.2) is 0 Å². The maximum atomic E-state index is 3.67. The van der Waals surface area contributed by atoms with Gasteiger partial charge in [0.05, 0.1) is 0 Å². The van der Waals surface area contributed by atoms with Crippen LogP contribution in [0.5, 0.6) is 0 Å². The Hall–Kier alpha value is -1.28. The van der Waals surface area contributed by atoms with E-state index >= 15 is 0 Å². The van der Waals surface area contributed by atoms with E-state index in [1.807, 2.05) is 7.05 Å². The fourth-order valence-corrected chi connectivity index (χ4v) is 1.95. The molecule has 1 unspecified atom stereocenters. The Bertz CT molecular complexity index is 333. The van der Waals surface area contributed by atoms with E-state index in [9.17, 15) is 0 Å². The highest BCUT2D eigenvalue weighted by Gasteiger charge is 2.04. The lowest BCUT2D eigenvalue weighted by molar-refractivity contribution is 0.513. The van der Waals surface area contributed by atoms with E-state index in [1.165, 1.54) is 17.5 Å². The molecule has 1 atom stereocenters. The van der Waals surface area contributed by atoms with Crippen LogP contribution in [0.3, 0.4) is 0 Å². The number of benzene rings is 1. The van der Waals surface area contributed by atoms with E-state index in [1.54, 1.807) is 6.20 Å². The summed E-state index contributed by atoms with van der Waals surface area (Å²) in [5.74, 6) is 0.677. The third kappa shape index (κ3) is 5.05. The van der Waals surface area contributed by atoms with Gasteiger partial charge >= 0.3 is 0 Å². The fraction of sp³-hybridized carbons (Fsp3) is 0.467. The standard InChI is InChI=1S/C15H24N2/c1-4-17-11-13(2)9-10-14-7-5-6-8-15(14)12-16-3/h4-8,13,16-17H,1,9-12H2,2-3H3. The molecule has 17 heavy (non-hydrogen) atoms. The van der Waals surface area contributed by atoms with Crippen LogP contribution in [-0.2, 0) is 13.0 Å². The van der Waals surface area contributed by atoms with Gasteiger partial charge in [0.1, 0.15) is 0 Å². The van der Waals surface area contributed by atoms with Gasteiger partial charge < -0.3 is 10.6 Å². The van der Waals surface area contributed by atoms with Crippen LogP contribution in [0.15, 0.2) is 37.0 Å². The molecular weight excluding hydrogens is 208 g/mol. The Labute approximate surface area is 105 Å². The lowest BCUT2D eigenvalue weighted by Gasteiger charge is -2.13. The van der Waals surface area contributed by atoms with E-state index in [4.69, 9.17) is 0 Å². The third-order valence-corrected chi connectivity index (χ3v) is 3.00. The Morgan fingerprint density at radius 2 is 2.00 bits per heavy atom. The minimum absolute atomic E-state index is 0.677. The molecule has 0 aromatic heterocycles. The summed E-state index contributed by atoms with van der Waals surface area (Å²) >= 11 is 0. The quantitative estimate of drug-likeness (QED) is 0.720. The predicted octanol–water partition coefficient (Wildman–Crippen LogP) is 2.71. The number of hydrogen-bond acceptors (Lipinski definition) is 2. The summed E-state index contributed by atoms with van der Waals surface area (Å²) in [6, 6.07) is 8.68. The van der Waals surface area contributed by atoms with Crippen LogP contribution >= 0.6 is 0 Å². The van der Waals surface area contributed by atoms with E-state index in [2.05, 4.69) is 48.4 Å². The van der Waals surface area contributed by atoms with Gasteiger partial charge in [0.2, 0.25) is 0 Å². The second-order valence-corrected chi connectivity index (χ2v) is 4.56. The molecule has 2 nitrogen and oxygen atoms in total. The Morgan fingerprint density at radius 1 is 1.29 bits per heavy atom. The normalized spacial score (nSPS) is 12.1. The van der Waals surface area contributed by atoms with Crippen molar-refractivity contribution in [2.75, 3.05) is 13.6 Å². The van der Waals surface area contributed by atoms with Gasteiger partial charge in [-0.1, -0.05) is 37.8 Å². The maximum Gasteiger partial charge on any atom is 0.0205 e. The minimum atomic E-state index is 0.677. The Kier molecular flexibility index (Phi) is 6.41. The number of nitrogens with one attached hydrogen (secondary N) is 2. The molecule has 0 saturated carbocycles. The van der Waals surface area contributed by atoms with Crippen LogP contribution < -0.4 is 10.6 Å². The first-order valence-corrected chi connectivity index (χ1v) is 6.33. The molecule has 0 fully saturated rings.